The van der Waals surface area contributed by atoms with Gasteiger partial charge in [0.25, 0.3) is 5.91 Å². The van der Waals surface area contributed by atoms with E-state index in [0.717, 1.165) is 37.6 Å². The van der Waals surface area contributed by atoms with Crippen LogP contribution >= 0.6 is 0 Å². The molecule has 5 heteroatoms. The second kappa shape index (κ2) is 6.50. The number of anilines is 1. The van der Waals surface area contributed by atoms with Crippen molar-refractivity contribution in [2.24, 2.45) is 0 Å². The number of amides is 1. The molecule has 1 aromatic rings. The Kier molecular flexibility index (Phi) is 4.71. The molecule has 1 fully saturated rings. The van der Waals surface area contributed by atoms with Gasteiger partial charge >= 0.3 is 0 Å². The van der Waals surface area contributed by atoms with Crippen LogP contribution in [0.15, 0.2) is 6.20 Å². The lowest BCUT2D eigenvalue weighted by Crippen LogP contribution is -2.27. The van der Waals surface area contributed by atoms with Crippen LogP contribution in [0.3, 0.4) is 0 Å². The van der Waals surface area contributed by atoms with Gasteiger partial charge in [-0.15, -0.1) is 0 Å². The van der Waals surface area contributed by atoms with Crippen molar-refractivity contribution in [2.75, 3.05) is 24.5 Å². The number of nitrogens with one attached hydrogen (secondary N) is 1. The molecule has 1 aromatic heterocycles. The van der Waals surface area contributed by atoms with Gasteiger partial charge < -0.3 is 10.2 Å². The van der Waals surface area contributed by atoms with E-state index in [1.54, 1.807) is 6.20 Å². The highest BCUT2D eigenvalue weighted by Crippen LogP contribution is 2.16. The van der Waals surface area contributed by atoms with E-state index in [4.69, 9.17) is 0 Å². The molecule has 0 spiro atoms. The summed E-state index contributed by atoms with van der Waals surface area (Å²) >= 11 is 0. The number of hydrogen-bond donors (Lipinski definition) is 1. The predicted molar refractivity (Wildman–Crippen MR) is 75.5 cm³/mol. The van der Waals surface area contributed by atoms with Gasteiger partial charge in [-0.2, -0.15) is 0 Å². The summed E-state index contributed by atoms with van der Waals surface area (Å²) in [4.78, 5) is 22.9. The summed E-state index contributed by atoms with van der Waals surface area (Å²) in [6, 6.07) is 0. The molecule has 0 saturated carbocycles. The third-order valence-corrected chi connectivity index (χ3v) is 3.42. The number of carbonyl (C=O) groups excluding carboxylic acids is 1. The van der Waals surface area contributed by atoms with Crippen molar-refractivity contribution in [2.45, 2.75) is 39.5 Å². The van der Waals surface area contributed by atoms with Crippen LogP contribution in [0.5, 0.6) is 0 Å². The van der Waals surface area contributed by atoms with Gasteiger partial charge in [-0.25, -0.2) is 9.97 Å². The van der Waals surface area contributed by atoms with Crippen LogP contribution in [-0.2, 0) is 0 Å². The topological polar surface area (TPSA) is 58.1 Å². The molecule has 2 rings (SSSR count). The van der Waals surface area contributed by atoms with Crippen LogP contribution in [0.1, 0.15) is 48.7 Å². The minimum Gasteiger partial charge on any atom is -0.352 e. The predicted octanol–water partition coefficient (Wildman–Crippen LogP) is 1.92. The fourth-order valence-electron chi connectivity index (χ4n) is 2.22. The van der Waals surface area contributed by atoms with Crippen LogP contribution in [0.25, 0.3) is 0 Å². The van der Waals surface area contributed by atoms with Gasteiger partial charge in [-0.3, -0.25) is 4.79 Å². The monoisotopic (exact) mass is 262 g/mol. The second-order valence-electron chi connectivity index (χ2n) is 4.97. The van der Waals surface area contributed by atoms with E-state index < -0.39 is 0 Å². The first-order valence-electron chi connectivity index (χ1n) is 7.09. The van der Waals surface area contributed by atoms with Gasteiger partial charge in [-0.05, 0) is 26.2 Å². The summed E-state index contributed by atoms with van der Waals surface area (Å²) in [5, 5.41) is 2.90. The van der Waals surface area contributed by atoms with Gasteiger partial charge in [0.15, 0.2) is 0 Å². The molecule has 1 amide bonds. The molecule has 2 heterocycles. The normalized spacial score (nSPS) is 14.7. The average molecular weight is 262 g/mol. The summed E-state index contributed by atoms with van der Waals surface area (Å²) in [6.07, 6.45) is 6.11. The molecule has 104 valence electrons. The molecule has 0 unspecified atom stereocenters. The van der Waals surface area contributed by atoms with E-state index in [1.807, 2.05) is 6.92 Å². The molecule has 0 bridgehead atoms. The van der Waals surface area contributed by atoms with E-state index >= 15 is 0 Å². The first-order valence-corrected chi connectivity index (χ1v) is 7.09. The lowest BCUT2D eigenvalue weighted by Gasteiger charge is -2.16. The molecule has 1 aliphatic heterocycles. The lowest BCUT2D eigenvalue weighted by atomic mass is 10.2. The van der Waals surface area contributed by atoms with Crippen molar-refractivity contribution < 1.29 is 4.79 Å². The number of nitrogens with zero attached hydrogens (tertiary/aromatic N) is 3. The molecule has 0 radical (unpaired) electrons. The first-order chi connectivity index (χ1) is 9.22. The number of rotatable bonds is 5. The quantitative estimate of drug-likeness (QED) is 0.824. The molecule has 5 nitrogen and oxygen atoms in total. The summed E-state index contributed by atoms with van der Waals surface area (Å²) in [5.41, 5.74) is 1.34. The molecule has 1 N–H and O–H groups in total. The Morgan fingerprint density at radius 1 is 1.42 bits per heavy atom. The Hall–Kier alpha value is -1.65. The van der Waals surface area contributed by atoms with Gasteiger partial charge in [-0.1, -0.05) is 13.3 Å². The van der Waals surface area contributed by atoms with E-state index in [-0.39, 0.29) is 5.91 Å². The number of carbonyl (C=O) groups is 1. The van der Waals surface area contributed by atoms with Gasteiger partial charge in [0.1, 0.15) is 0 Å². The third kappa shape index (κ3) is 3.43. The standard InChI is InChI=1S/C14H22N4O/c1-3-4-7-15-13(19)12-10-16-14(17-11(12)2)18-8-5-6-9-18/h10H,3-9H2,1-2H3,(H,15,19). The molecule has 0 aromatic carbocycles. The van der Waals surface area contributed by atoms with Crippen molar-refractivity contribution >= 4 is 11.9 Å². The largest absolute Gasteiger partial charge is 0.352 e. The maximum absolute atomic E-state index is 12.0. The summed E-state index contributed by atoms with van der Waals surface area (Å²) in [7, 11) is 0. The lowest BCUT2D eigenvalue weighted by molar-refractivity contribution is 0.0951. The zero-order chi connectivity index (χ0) is 13.7. The highest BCUT2D eigenvalue weighted by Gasteiger charge is 2.17. The number of unbranched alkanes of at least 4 members (excludes halogenated alkanes) is 1. The molecule has 19 heavy (non-hydrogen) atoms. The Balaban J connectivity index is 2.03. The zero-order valence-corrected chi connectivity index (χ0v) is 11.8. The third-order valence-electron chi connectivity index (χ3n) is 3.42. The smallest absolute Gasteiger partial charge is 0.254 e. The van der Waals surface area contributed by atoms with Crippen LogP contribution in [-0.4, -0.2) is 35.5 Å². The highest BCUT2D eigenvalue weighted by molar-refractivity contribution is 5.94. The number of hydrogen-bond acceptors (Lipinski definition) is 4. The fraction of sp³-hybridized carbons (Fsp3) is 0.643. The summed E-state index contributed by atoms with van der Waals surface area (Å²) in [6.45, 7) is 6.72. The van der Waals surface area contributed by atoms with Crippen molar-refractivity contribution in [1.82, 2.24) is 15.3 Å². The van der Waals surface area contributed by atoms with Gasteiger partial charge in [0.05, 0.1) is 11.3 Å². The molecule has 0 atom stereocenters. The highest BCUT2D eigenvalue weighted by atomic mass is 16.1. The average Bonchev–Trinajstić information content (AvgIpc) is 2.92. The fourth-order valence-corrected chi connectivity index (χ4v) is 2.22. The van der Waals surface area contributed by atoms with Gasteiger partial charge in [0.2, 0.25) is 5.95 Å². The molecular weight excluding hydrogens is 240 g/mol. The second-order valence-corrected chi connectivity index (χ2v) is 4.97. The van der Waals surface area contributed by atoms with Crippen LogP contribution in [0.4, 0.5) is 5.95 Å². The van der Waals surface area contributed by atoms with Crippen LogP contribution < -0.4 is 10.2 Å². The maximum Gasteiger partial charge on any atom is 0.254 e. The van der Waals surface area contributed by atoms with Crippen molar-refractivity contribution in [1.29, 1.82) is 0 Å². The van der Waals surface area contributed by atoms with Crippen molar-refractivity contribution in [3.63, 3.8) is 0 Å². The summed E-state index contributed by atoms with van der Waals surface area (Å²) in [5.74, 6) is 0.680. The van der Waals surface area contributed by atoms with Crippen LogP contribution in [0, 0.1) is 6.92 Å². The molecule has 1 saturated heterocycles. The summed E-state index contributed by atoms with van der Waals surface area (Å²) < 4.78 is 0. The molecule has 1 aliphatic rings. The minimum atomic E-state index is -0.0704. The number of aryl methyl sites for hydroxylation is 1. The van der Waals surface area contributed by atoms with Gasteiger partial charge in [0, 0.05) is 25.8 Å². The van der Waals surface area contributed by atoms with E-state index in [2.05, 4.69) is 27.1 Å². The Labute approximate surface area is 114 Å². The Morgan fingerprint density at radius 3 is 2.79 bits per heavy atom. The van der Waals surface area contributed by atoms with Crippen molar-refractivity contribution in [3.05, 3.63) is 17.5 Å². The SMILES string of the molecule is CCCCNC(=O)c1cnc(N2CCCC2)nc1C. The zero-order valence-electron chi connectivity index (χ0n) is 11.8. The van der Waals surface area contributed by atoms with Crippen molar-refractivity contribution in [3.8, 4) is 0 Å². The van der Waals surface area contributed by atoms with E-state index in [1.165, 1.54) is 12.8 Å². The maximum atomic E-state index is 12.0. The van der Waals surface area contributed by atoms with E-state index in [9.17, 15) is 4.79 Å². The van der Waals surface area contributed by atoms with E-state index in [0.29, 0.717) is 12.1 Å². The Morgan fingerprint density at radius 2 is 2.16 bits per heavy atom. The Bertz CT molecular complexity index is 441. The van der Waals surface area contributed by atoms with Crippen LogP contribution in [0.2, 0.25) is 0 Å². The molecular formula is C14H22N4O. The minimum absolute atomic E-state index is 0.0704. The number of aromatic nitrogens is 2. The molecule has 0 aliphatic carbocycles. The first kappa shape index (κ1) is 13.8.